The molecule has 0 amide bonds. The van der Waals surface area contributed by atoms with Crippen molar-refractivity contribution in [3.05, 3.63) is 35.4 Å². The van der Waals surface area contributed by atoms with Gasteiger partial charge in [-0.2, -0.15) is 0 Å². The standard InChI is InChI=1S/C18H30N2O/c1-14-11-20(12-15(2)21-14)13-17-8-6-16(7-9-17)10-19-18(3,4)5/h6-9,14-15,19H,10-13H2,1-5H3. The lowest BCUT2D eigenvalue weighted by Gasteiger charge is -2.35. The Hall–Kier alpha value is -0.900. The number of morpholine rings is 1. The first-order chi connectivity index (χ1) is 9.82. The molecular weight excluding hydrogens is 260 g/mol. The van der Waals surface area contributed by atoms with Gasteiger partial charge in [-0.15, -0.1) is 0 Å². The predicted octanol–water partition coefficient (Wildman–Crippen LogP) is 3.18. The third kappa shape index (κ3) is 5.77. The minimum atomic E-state index is 0.165. The van der Waals surface area contributed by atoms with Crippen molar-refractivity contribution in [2.24, 2.45) is 0 Å². The summed E-state index contributed by atoms with van der Waals surface area (Å²) in [5.74, 6) is 0. The maximum atomic E-state index is 5.79. The van der Waals surface area contributed by atoms with Crippen molar-refractivity contribution in [1.29, 1.82) is 0 Å². The zero-order valence-electron chi connectivity index (χ0n) is 14.1. The summed E-state index contributed by atoms with van der Waals surface area (Å²) in [5.41, 5.74) is 2.90. The first kappa shape index (κ1) is 16.5. The molecule has 1 N–H and O–H groups in total. The summed E-state index contributed by atoms with van der Waals surface area (Å²) in [6.45, 7) is 14.9. The van der Waals surface area contributed by atoms with E-state index in [0.717, 1.165) is 26.2 Å². The third-order valence-corrected chi connectivity index (χ3v) is 3.75. The molecule has 3 heteroatoms. The Morgan fingerprint density at radius 3 is 2.10 bits per heavy atom. The second-order valence-electron chi connectivity index (χ2n) is 7.37. The zero-order chi connectivity index (χ0) is 15.5. The van der Waals surface area contributed by atoms with Crippen molar-refractivity contribution in [3.63, 3.8) is 0 Å². The second kappa shape index (κ2) is 6.91. The number of benzene rings is 1. The molecule has 2 rings (SSSR count). The maximum absolute atomic E-state index is 5.79. The van der Waals surface area contributed by atoms with Gasteiger partial charge in [0.25, 0.3) is 0 Å². The lowest BCUT2D eigenvalue weighted by atomic mass is 10.1. The highest BCUT2D eigenvalue weighted by atomic mass is 16.5. The molecule has 0 saturated carbocycles. The van der Waals surface area contributed by atoms with E-state index < -0.39 is 0 Å². The quantitative estimate of drug-likeness (QED) is 0.921. The summed E-state index contributed by atoms with van der Waals surface area (Å²) in [6.07, 6.45) is 0.674. The average Bonchev–Trinajstić information content (AvgIpc) is 2.36. The molecule has 1 aromatic carbocycles. The number of nitrogens with one attached hydrogen (secondary N) is 1. The van der Waals surface area contributed by atoms with E-state index in [4.69, 9.17) is 4.74 Å². The van der Waals surface area contributed by atoms with E-state index in [2.05, 4.69) is 69.1 Å². The van der Waals surface area contributed by atoms with Crippen molar-refractivity contribution in [3.8, 4) is 0 Å². The molecular formula is C18H30N2O. The van der Waals surface area contributed by atoms with Crippen LogP contribution in [0.3, 0.4) is 0 Å². The fourth-order valence-electron chi connectivity index (χ4n) is 2.80. The van der Waals surface area contributed by atoms with Gasteiger partial charge in [0, 0.05) is 31.7 Å². The van der Waals surface area contributed by atoms with Crippen LogP contribution in [0.25, 0.3) is 0 Å². The Morgan fingerprint density at radius 1 is 1.05 bits per heavy atom. The van der Waals surface area contributed by atoms with Crippen LogP contribution in [0, 0.1) is 0 Å². The van der Waals surface area contributed by atoms with E-state index in [9.17, 15) is 0 Å². The number of hydrogen-bond acceptors (Lipinski definition) is 3. The van der Waals surface area contributed by atoms with Crippen LogP contribution in [0.4, 0.5) is 0 Å². The van der Waals surface area contributed by atoms with Crippen LogP contribution in [0.15, 0.2) is 24.3 Å². The first-order valence-corrected chi connectivity index (χ1v) is 8.02. The topological polar surface area (TPSA) is 24.5 Å². The first-order valence-electron chi connectivity index (χ1n) is 8.02. The molecule has 0 aliphatic carbocycles. The number of nitrogens with zero attached hydrogens (tertiary/aromatic N) is 1. The van der Waals surface area contributed by atoms with Crippen LogP contribution >= 0.6 is 0 Å². The molecule has 3 nitrogen and oxygen atoms in total. The Morgan fingerprint density at radius 2 is 1.57 bits per heavy atom. The summed E-state index contributed by atoms with van der Waals surface area (Å²) < 4.78 is 5.79. The molecule has 1 fully saturated rings. The van der Waals surface area contributed by atoms with Gasteiger partial charge in [-0.3, -0.25) is 4.90 Å². The van der Waals surface area contributed by atoms with Gasteiger partial charge in [0.2, 0.25) is 0 Å². The Labute approximate surface area is 129 Å². The molecule has 118 valence electrons. The van der Waals surface area contributed by atoms with Crippen molar-refractivity contribution in [2.75, 3.05) is 13.1 Å². The Kier molecular flexibility index (Phi) is 5.42. The highest BCUT2D eigenvalue weighted by Gasteiger charge is 2.21. The molecule has 2 atom stereocenters. The van der Waals surface area contributed by atoms with E-state index in [1.54, 1.807) is 0 Å². The van der Waals surface area contributed by atoms with Crippen molar-refractivity contribution in [1.82, 2.24) is 10.2 Å². The van der Waals surface area contributed by atoms with Crippen molar-refractivity contribution in [2.45, 2.75) is 65.5 Å². The molecule has 2 unspecified atom stereocenters. The van der Waals surface area contributed by atoms with Gasteiger partial charge in [-0.05, 0) is 45.7 Å². The number of rotatable bonds is 4. The second-order valence-corrected chi connectivity index (χ2v) is 7.37. The molecule has 1 aromatic rings. The van der Waals surface area contributed by atoms with Crippen molar-refractivity contribution >= 4 is 0 Å². The lowest BCUT2D eigenvalue weighted by molar-refractivity contribution is -0.0704. The molecule has 21 heavy (non-hydrogen) atoms. The van der Waals surface area contributed by atoms with E-state index in [1.165, 1.54) is 11.1 Å². The van der Waals surface area contributed by atoms with Gasteiger partial charge in [0.15, 0.2) is 0 Å². The maximum Gasteiger partial charge on any atom is 0.0678 e. The smallest absolute Gasteiger partial charge is 0.0678 e. The van der Waals surface area contributed by atoms with Crippen LogP contribution in [0.5, 0.6) is 0 Å². The largest absolute Gasteiger partial charge is 0.373 e. The van der Waals surface area contributed by atoms with Gasteiger partial charge < -0.3 is 10.1 Å². The summed E-state index contributed by atoms with van der Waals surface area (Å²) in [6, 6.07) is 8.98. The molecule has 1 heterocycles. The molecule has 0 spiro atoms. The SMILES string of the molecule is CC1CN(Cc2ccc(CNC(C)(C)C)cc2)CC(C)O1. The number of hydrogen-bond donors (Lipinski definition) is 1. The summed E-state index contributed by atoms with van der Waals surface area (Å²) in [5, 5.41) is 3.52. The monoisotopic (exact) mass is 290 g/mol. The predicted molar refractivity (Wildman–Crippen MR) is 88.3 cm³/mol. The van der Waals surface area contributed by atoms with E-state index in [1.807, 2.05) is 0 Å². The molecule has 1 aliphatic heterocycles. The summed E-state index contributed by atoms with van der Waals surface area (Å²) in [4.78, 5) is 2.49. The minimum Gasteiger partial charge on any atom is -0.373 e. The van der Waals surface area contributed by atoms with Crippen LogP contribution in [0.1, 0.15) is 45.7 Å². The van der Waals surface area contributed by atoms with E-state index in [0.29, 0.717) is 12.2 Å². The highest BCUT2D eigenvalue weighted by Crippen LogP contribution is 2.15. The third-order valence-electron chi connectivity index (χ3n) is 3.75. The highest BCUT2D eigenvalue weighted by molar-refractivity contribution is 5.22. The fraction of sp³-hybridized carbons (Fsp3) is 0.667. The van der Waals surface area contributed by atoms with Crippen LogP contribution in [-0.4, -0.2) is 35.7 Å². The van der Waals surface area contributed by atoms with E-state index in [-0.39, 0.29) is 5.54 Å². The average molecular weight is 290 g/mol. The molecule has 1 aliphatic rings. The van der Waals surface area contributed by atoms with E-state index >= 15 is 0 Å². The van der Waals surface area contributed by atoms with Gasteiger partial charge in [0.05, 0.1) is 12.2 Å². The molecule has 0 bridgehead atoms. The van der Waals surface area contributed by atoms with Gasteiger partial charge in [-0.1, -0.05) is 24.3 Å². The van der Waals surface area contributed by atoms with Crippen LogP contribution in [0.2, 0.25) is 0 Å². The van der Waals surface area contributed by atoms with Crippen LogP contribution in [-0.2, 0) is 17.8 Å². The summed E-state index contributed by atoms with van der Waals surface area (Å²) >= 11 is 0. The minimum absolute atomic E-state index is 0.165. The number of ether oxygens (including phenoxy) is 1. The molecule has 0 aromatic heterocycles. The zero-order valence-corrected chi connectivity index (χ0v) is 14.1. The van der Waals surface area contributed by atoms with Gasteiger partial charge >= 0.3 is 0 Å². The fourth-order valence-corrected chi connectivity index (χ4v) is 2.80. The normalized spacial score (nSPS) is 24.2. The van der Waals surface area contributed by atoms with Gasteiger partial charge in [-0.25, -0.2) is 0 Å². The lowest BCUT2D eigenvalue weighted by Crippen LogP contribution is -2.44. The van der Waals surface area contributed by atoms with Crippen LogP contribution < -0.4 is 5.32 Å². The molecule has 0 radical (unpaired) electrons. The molecule has 1 saturated heterocycles. The Bertz CT molecular complexity index is 426. The van der Waals surface area contributed by atoms with Crippen molar-refractivity contribution < 1.29 is 4.74 Å². The van der Waals surface area contributed by atoms with Gasteiger partial charge in [0.1, 0.15) is 0 Å². The summed E-state index contributed by atoms with van der Waals surface area (Å²) in [7, 11) is 0. The Balaban J connectivity index is 1.87.